The molecule has 0 fully saturated rings. The van der Waals surface area contributed by atoms with E-state index in [-0.39, 0.29) is 5.56 Å². The van der Waals surface area contributed by atoms with Crippen molar-refractivity contribution in [1.82, 2.24) is 5.01 Å². The number of carbonyl (C=O) groups excluding carboxylic acids is 1. The summed E-state index contributed by atoms with van der Waals surface area (Å²) in [6.07, 6.45) is -5.42. The van der Waals surface area contributed by atoms with E-state index in [1.807, 2.05) is 0 Å². The summed E-state index contributed by atoms with van der Waals surface area (Å²) in [5, 5.41) is 13.7. The van der Waals surface area contributed by atoms with Gasteiger partial charge in [-0.15, -0.1) is 0 Å². The molecule has 0 bridgehead atoms. The van der Waals surface area contributed by atoms with Crippen LogP contribution in [0.4, 0.5) is 13.2 Å². The molecule has 1 aliphatic heterocycles. The zero-order valence-electron chi connectivity index (χ0n) is 10.3. The molecule has 0 saturated heterocycles. The summed E-state index contributed by atoms with van der Waals surface area (Å²) in [4.78, 5) is 12.1. The molecule has 1 heterocycles. The maximum atomic E-state index is 12.6. The van der Waals surface area contributed by atoms with Gasteiger partial charge in [-0.3, -0.25) is 4.79 Å². The summed E-state index contributed by atoms with van der Waals surface area (Å²) >= 11 is 3.19. The molecule has 0 radical (unpaired) electrons. The van der Waals surface area contributed by atoms with Crippen LogP contribution in [-0.4, -0.2) is 33.6 Å². The van der Waals surface area contributed by atoms with Crippen molar-refractivity contribution in [2.24, 2.45) is 5.10 Å². The van der Waals surface area contributed by atoms with Gasteiger partial charge in [0, 0.05) is 16.5 Å². The van der Waals surface area contributed by atoms with Crippen LogP contribution in [0.25, 0.3) is 0 Å². The monoisotopic (exact) mass is 350 g/mol. The first kappa shape index (κ1) is 15.0. The number of hydrogen-bond donors (Lipinski definition) is 1. The predicted octanol–water partition coefficient (Wildman–Crippen LogP) is 2.92. The minimum absolute atomic E-state index is 0.139. The molecule has 20 heavy (non-hydrogen) atoms. The number of halogens is 4. The Morgan fingerprint density at radius 3 is 2.40 bits per heavy atom. The van der Waals surface area contributed by atoms with Crippen LogP contribution < -0.4 is 0 Å². The second-order valence-corrected chi connectivity index (χ2v) is 5.48. The van der Waals surface area contributed by atoms with Gasteiger partial charge in [0.25, 0.3) is 5.91 Å². The lowest BCUT2D eigenvalue weighted by atomic mass is 10.1. The van der Waals surface area contributed by atoms with Gasteiger partial charge in [-0.1, -0.05) is 15.9 Å². The number of benzene rings is 1. The van der Waals surface area contributed by atoms with Crippen LogP contribution in [0.5, 0.6) is 0 Å². The summed E-state index contributed by atoms with van der Waals surface area (Å²) < 4.78 is 38.6. The van der Waals surface area contributed by atoms with Crippen LogP contribution in [0.15, 0.2) is 33.8 Å². The second-order valence-electron chi connectivity index (χ2n) is 4.56. The molecule has 1 unspecified atom stereocenters. The molecule has 1 N–H and O–H groups in total. The van der Waals surface area contributed by atoms with E-state index in [0.717, 1.165) is 11.4 Å². The molecule has 4 nitrogen and oxygen atoms in total. The third-order valence-electron chi connectivity index (χ3n) is 2.79. The van der Waals surface area contributed by atoms with Crippen LogP contribution in [0, 0.1) is 0 Å². The number of alkyl halides is 3. The maximum absolute atomic E-state index is 12.6. The zero-order valence-corrected chi connectivity index (χ0v) is 11.9. The van der Waals surface area contributed by atoms with Gasteiger partial charge >= 0.3 is 6.18 Å². The summed E-state index contributed by atoms with van der Waals surface area (Å²) in [6, 6.07) is 6.02. The standard InChI is InChI=1S/C12H10BrF3N2O2/c1-11(20)6-9(12(14,15)16)17-18(11)10(19)7-2-4-8(13)5-3-7/h2-5,20H,6H2,1H3. The minimum Gasteiger partial charge on any atom is -0.369 e. The van der Waals surface area contributed by atoms with Gasteiger partial charge in [-0.25, -0.2) is 0 Å². The van der Waals surface area contributed by atoms with Crippen LogP contribution in [-0.2, 0) is 0 Å². The average molecular weight is 351 g/mol. The van der Waals surface area contributed by atoms with Crippen molar-refractivity contribution in [3.63, 3.8) is 0 Å². The van der Waals surface area contributed by atoms with E-state index in [1.54, 1.807) is 12.1 Å². The summed E-state index contributed by atoms with van der Waals surface area (Å²) in [7, 11) is 0. The highest BCUT2D eigenvalue weighted by Gasteiger charge is 2.49. The van der Waals surface area contributed by atoms with Crippen molar-refractivity contribution in [3.05, 3.63) is 34.3 Å². The summed E-state index contributed by atoms with van der Waals surface area (Å²) in [5.41, 5.74) is -3.02. The lowest BCUT2D eigenvalue weighted by molar-refractivity contribution is -0.0679. The molecule has 1 aliphatic rings. The Morgan fingerprint density at radius 1 is 1.40 bits per heavy atom. The fourth-order valence-corrected chi connectivity index (χ4v) is 2.06. The number of hydrazone groups is 1. The average Bonchev–Trinajstić information content (AvgIpc) is 2.65. The molecule has 0 spiro atoms. The minimum atomic E-state index is -4.67. The predicted molar refractivity (Wildman–Crippen MR) is 69.0 cm³/mol. The van der Waals surface area contributed by atoms with Gasteiger partial charge in [-0.2, -0.15) is 23.3 Å². The molecular weight excluding hydrogens is 341 g/mol. The Labute approximate surface area is 121 Å². The Kier molecular flexibility index (Phi) is 3.64. The van der Waals surface area contributed by atoms with E-state index in [0.29, 0.717) is 5.01 Å². The molecule has 1 aromatic rings. The molecule has 1 amide bonds. The molecule has 8 heteroatoms. The molecule has 2 rings (SSSR count). The van der Waals surface area contributed by atoms with Gasteiger partial charge in [0.1, 0.15) is 5.71 Å². The van der Waals surface area contributed by atoms with E-state index < -0.39 is 29.9 Å². The molecular formula is C12H10BrF3N2O2. The lowest BCUT2D eigenvalue weighted by Gasteiger charge is -2.26. The van der Waals surface area contributed by atoms with E-state index in [9.17, 15) is 23.1 Å². The fourth-order valence-electron chi connectivity index (χ4n) is 1.79. The number of aliphatic hydroxyl groups is 1. The SMILES string of the molecule is CC1(O)CC(C(F)(F)F)=NN1C(=O)c1ccc(Br)cc1. The first-order chi connectivity index (χ1) is 9.11. The Balaban J connectivity index is 2.33. The van der Waals surface area contributed by atoms with Crippen molar-refractivity contribution in [2.45, 2.75) is 25.2 Å². The zero-order chi connectivity index (χ0) is 15.1. The number of hydrogen-bond acceptors (Lipinski definition) is 3. The van der Waals surface area contributed by atoms with Crippen LogP contribution in [0.1, 0.15) is 23.7 Å². The third-order valence-corrected chi connectivity index (χ3v) is 3.32. The molecule has 0 aliphatic carbocycles. The quantitative estimate of drug-likeness (QED) is 0.846. The number of rotatable bonds is 1. The highest BCUT2D eigenvalue weighted by molar-refractivity contribution is 9.10. The lowest BCUT2D eigenvalue weighted by Crippen LogP contribution is -2.43. The van der Waals surface area contributed by atoms with Crippen molar-refractivity contribution in [3.8, 4) is 0 Å². The van der Waals surface area contributed by atoms with E-state index >= 15 is 0 Å². The summed E-state index contributed by atoms with van der Waals surface area (Å²) in [6.45, 7) is 1.12. The second kappa shape index (κ2) is 4.85. The van der Waals surface area contributed by atoms with Gasteiger partial charge < -0.3 is 5.11 Å². The Hall–Kier alpha value is -1.41. The van der Waals surface area contributed by atoms with E-state index in [2.05, 4.69) is 21.0 Å². The third kappa shape index (κ3) is 2.85. The largest absolute Gasteiger partial charge is 0.431 e. The fraction of sp³-hybridized carbons (Fsp3) is 0.333. The topological polar surface area (TPSA) is 52.9 Å². The van der Waals surface area contributed by atoms with Crippen LogP contribution in [0.2, 0.25) is 0 Å². The van der Waals surface area contributed by atoms with Crippen molar-refractivity contribution in [2.75, 3.05) is 0 Å². The van der Waals surface area contributed by atoms with Gasteiger partial charge in [0.05, 0.1) is 0 Å². The normalized spacial score (nSPS) is 22.9. The number of carbonyl (C=O) groups is 1. The Bertz CT molecular complexity index is 567. The van der Waals surface area contributed by atoms with Gasteiger partial charge in [0.15, 0.2) is 5.72 Å². The molecule has 1 atom stereocenters. The highest BCUT2D eigenvalue weighted by atomic mass is 79.9. The van der Waals surface area contributed by atoms with E-state index in [4.69, 9.17) is 0 Å². The summed E-state index contributed by atoms with van der Waals surface area (Å²) in [5.74, 6) is -0.790. The highest BCUT2D eigenvalue weighted by Crippen LogP contribution is 2.33. The van der Waals surface area contributed by atoms with E-state index in [1.165, 1.54) is 12.1 Å². The van der Waals surface area contributed by atoms with Crippen molar-refractivity contribution >= 4 is 27.5 Å². The van der Waals surface area contributed by atoms with Crippen LogP contribution in [0.3, 0.4) is 0 Å². The number of amides is 1. The number of nitrogens with zero attached hydrogens (tertiary/aromatic N) is 2. The molecule has 0 saturated carbocycles. The molecule has 1 aromatic carbocycles. The molecule has 108 valence electrons. The smallest absolute Gasteiger partial charge is 0.369 e. The molecule has 0 aromatic heterocycles. The van der Waals surface area contributed by atoms with Gasteiger partial charge in [-0.05, 0) is 31.2 Å². The van der Waals surface area contributed by atoms with Crippen molar-refractivity contribution < 1.29 is 23.1 Å². The first-order valence-corrected chi connectivity index (χ1v) is 6.38. The van der Waals surface area contributed by atoms with Crippen LogP contribution >= 0.6 is 15.9 Å². The first-order valence-electron chi connectivity index (χ1n) is 5.58. The Morgan fingerprint density at radius 2 is 1.95 bits per heavy atom. The maximum Gasteiger partial charge on any atom is 0.431 e. The van der Waals surface area contributed by atoms with Crippen molar-refractivity contribution in [1.29, 1.82) is 0 Å². The van der Waals surface area contributed by atoms with Gasteiger partial charge in [0.2, 0.25) is 0 Å².